The molecule has 2 aromatic rings. The summed E-state index contributed by atoms with van der Waals surface area (Å²) in [6, 6.07) is 17.1. The smallest absolute Gasteiger partial charge is 0.234 e. The van der Waals surface area contributed by atoms with Crippen molar-refractivity contribution in [3.8, 4) is 11.5 Å². The maximum Gasteiger partial charge on any atom is 0.234 e. The molecule has 0 bridgehead atoms. The number of hydrogen-bond donors (Lipinski definition) is 3. The lowest BCUT2D eigenvalue weighted by Gasteiger charge is -2.21. The summed E-state index contributed by atoms with van der Waals surface area (Å²) in [6.07, 6.45) is 1.41. The van der Waals surface area contributed by atoms with Crippen LogP contribution in [0.4, 0.5) is 0 Å². The molecule has 5 N–H and O–H groups in total. The van der Waals surface area contributed by atoms with Gasteiger partial charge < -0.3 is 16.2 Å². The first-order chi connectivity index (χ1) is 11.6. The number of rotatable bonds is 9. The van der Waals surface area contributed by atoms with Crippen molar-refractivity contribution < 1.29 is 9.53 Å². The maximum absolute atomic E-state index is 11.5. The molecular formula is C19H25N3O2. The average molecular weight is 327 g/mol. The monoisotopic (exact) mass is 327 g/mol. The fraction of sp³-hybridized carbons (Fsp3) is 0.316. The fourth-order valence-corrected chi connectivity index (χ4v) is 2.48. The Hall–Kier alpha value is -2.37. The molecule has 0 aromatic heterocycles. The highest BCUT2D eigenvalue weighted by Crippen LogP contribution is 2.23. The van der Waals surface area contributed by atoms with Crippen LogP contribution in [0.15, 0.2) is 54.6 Å². The Kier molecular flexibility index (Phi) is 6.78. The lowest BCUT2D eigenvalue weighted by atomic mass is 10.0. The number of nitrogens with two attached hydrogens (primary N) is 2. The first kappa shape index (κ1) is 18.0. The van der Waals surface area contributed by atoms with Crippen molar-refractivity contribution in [2.75, 3.05) is 6.54 Å². The Morgan fingerprint density at radius 3 is 2.29 bits per heavy atom. The molecule has 5 nitrogen and oxygen atoms in total. The van der Waals surface area contributed by atoms with Gasteiger partial charge in [-0.25, -0.2) is 0 Å². The van der Waals surface area contributed by atoms with E-state index in [0.29, 0.717) is 13.0 Å². The third kappa shape index (κ3) is 5.37. The van der Waals surface area contributed by atoms with E-state index in [2.05, 4.69) is 5.32 Å². The molecule has 2 atom stereocenters. The second kappa shape index (κ2) is 9.05. The molecule has 0 heterocycles. The van der Waals surface area contributed by atoms with Crippen LogP contribution in [0, 0.1) is 0 Å². The van der Waals surface area contributed by atoms with Gasteiger partial charge in [0.25, 0.3) is 0 Å². The van der Waals surface area contributed by atoms with Gasteiger partial charge in [-0.3, -0.25) is 10.1 Å². The van der Waals surface area contributed by atoms with Gasteiger partial charge in [0.15, 0.2) is 0 Å². The number of amides is 1. The molecule has 0 fully saturated rings. The van der Waals surface area contributed by atoms with E-state index in [1.54, 1.807) is 0 Å². The van der Waals surface area contributed by atoms with Gasteiger partial charge >= 0.3 is 0 Å². The fourth-order valence-electron chi connectivity index (χ4n) is 2.48. The Morgan fingerprint density at radius 1 is 1.08 bits per heavy atom. The van der Waals surface area contributed by atoms with Gasteiger partial charge in [-0.2, -0.15) is 0 Å². The maximum atomic E-state index is 11.5. The molecule has 0 spiro atoms. The normalized spacial score (nSPS) is 13.2. The molecule has 1 unspecified atom stereocenters. The molecule has 0 aliphatic rings. The van der Waals surface area contributed by atoms with Crippen molar-refractivity contribution >= 4 is 5.91 Å². The van der Waals surface area contributed by atoms with Gasteiger partial charge in [-0.15, -0.1) is 0 Å². The van der Waals surface area contributed by atoms with E-state index in [1.165, 1.54) is 0 Å². The van der Waals surface area contributed by atoms with E-state index in [-0.39, 0.29) is 18.0 Å². The summed E-state index contributed by atoms with van der Waals surface area (Å²) < 4.78 is 5.78. The first-order valence-corrected chi connectivity index (χ1v) is 8.18. The van der Waals surface area contributed by atoms with Crippen LogP contribution in [-0.2, 0) is 4.79 Å². The van der Waals surface area contributed by atoms with E-state index in [0.717, 1.165) is 23.5 Å². The van der Waals surface area contributed by atoms with Crippen LogP contribution < -0.4 is 21.5 Å². The summed E-state index contributed by atoms with van der Waals surface area (Å²) >= 11 is 0. The molecule has 24 heavy (non-hydrogen) atoms. The van der Waals surface area contributed by atoms with Gasteiger partial charge in [-0.05, 0) is 56.1 Å². The molecule has 0 radical (unpaired) electrons. The van der Waals surface area contributed by atoms with Crippen LogP contribution in [0.2, 0.25) is 0 Å². The molecule has 1 amide bonds. The molecule has 0 saturated carbocycles. The summed E-state index contributed by atoms with van der Waals surface area (Å²) in [5, 5.41) is 3.27. The number of carbonyl (C=O) groups is 1. The number of primary amides is 1. The molecular weight excluding hydrogens is 302 g/mol. The number of ether oxygens (including phenoxy) is 1. The van der Waals surface area contributed by atoms with Crippen LogP contribution in [0.25, 0.3) is 0 Å². The van der Waals surface area contributed by atoms with Crippen molar-refractivity contribution in [2.24, 2.45) is 11.5 Å². The Labute approximate surface area is 143 Å². The Morgan fingerprint density at radius 2 is 1.71 bits per heavy atom. The van der Waals surface area contributed by atoms with Crippen LogP contribution in [0.3, 0.4) is 0 Å². The minimum Gasteiger partial charge on any atom is -0.457 e. The van der Waals surface area contributed by atoms with Crippen molar-refractivity contribution in [1.29, 1.82) is 0 Å². The van der Waals surface area contributed by atoms with Gasteiger partial charge in [0.2, 0.25) is 5.91 Å². The molecule has 2 rings (SSSR count). The zero-order valence-electron chi connectivity index (χ0n) is 13.9. The third-order valence-electron chi connectivity index (χ3n) is 3.85. The topological polar surface area (TPSA) is 90.4 Å². The number of benzene rings is 2. The van der Waals surface area contributed by atoms with Crippen molar-refractivity contribution in [1.82, 2.24) is 5.32 Å². The van der Waals surface area contributed by atoms with E-state index in [4.69, 9.17) is 16.2 Å². The second-order valence-electron chi connectivity index (χ2n) is 5.76. The number of para-hydroxylation sites is 1. The lowest BCUT2D eigenvalue weighted by Crippen LogP contribution is -2.42. The first-order valence-electron chi connectivity index (χ1n) is 8.18. The van der Waals surface area contributed by atoms with Gasteiger partial charge in [0.05, 0.1) is 6.04 Å². The minimum atomic E-state index is -0.371. The molecule has 2 aromatic carbocycles. The standard InChI is InChI=1S/C19H25N3O2/c1-14(22-18(19(21)23)8-5-13-20)15-9-11-17(12-10-15)24-16-6-3-2-4-7-16/h2-4,6-7,9-12,14,18,22H,5,8,13,20H2,1H3,(H2,21,23)/t14?,18-/m0/s1. The minimum absolute atomic E-state index is 0.00560. The highest BCUT2D eigenvalue weighted by atomic mass is 16.5. The summed E-state index contributed by atoms with van der Waals surface area (Å²) in [7, 11) is 0. The molecule has 0 aliphatic heterocycles. The van der Waals surface area contributed by atoms with Crippen LogP contribution in [0.1, 0.15) is 31.4 Å². The zero-order valence-corrected chi connectivity index (χ0v) is 13.9. The van der Waals surface area contributed by atoms with Gasteiger partial charge in [-0.1, -0.05) is 30.3 Å². The third-order valence-corrected chi connectivity index (χ3v) is 3.85. The SMILES string of the molecule is CC(N[C@@H](CCCN)C(N)=O)c1ccc(Oc2ccccc2)cc1. The Bertz CT molecular complexity index is 629. The van der Waals surface area contributed by atoms with E-state index in [1.807, 2.05) is 61.5 Å². The van der Waals surface area contributed by atoms with Crippen molar-refractivity contribution in [3.05, 3.63) is 60.2 Å². The summed E-state index contributed by atoms with van der Waals surface area (Å²) in [4.78, 5) is 11.5. The van der Waals surface area contributed by atoms with Gasteiger partial charge in [0, 0.05) is 6.04 Å². The van der Waals surface area contributed by atoms with E-state index >= 15 is 0 Å². The van der Waals surface area contributed by atoms with Crippen LogP contribution in [-0.4, -0.2) is 18.5 Å². The second-order valence-corrected chi connectivity index (χ2v) is 5.76. The van der Waals surface area contributed by atoms with E-state index < -0.39 is 0 Å². The molecule has 0 aliphatic carbocycles. The number of hydrogen-bond acceptors (Lipinski definition) is 4. The molecule has 5 heteroatoms. The molecule has 0 saturated heterocycles. The van der Waals surface area contributed by atoms with Crippen molar-refractivity contribution in [2.45, 2.75) is 31.8 Å². The quantitative estimate of drug-likeness (QED) is 0.660. The number of nitrogens with one attached hydrogen (secondary N) is 1. The highest BCUT2D eigenvalue weighted by Gasteiger charge is 2.18. The number of carbonyl (C=O) groups excluding carboxylic acids is 1. The van der Waals surface area contributed by atoms with Gasteiger partial charge in [0.1, 0.15) is 11.5 Å². The van der Waals surface area contributed by atoms with Crippen LogP contribution >= 0.6 is 0 Å². The summed E-state index contributed by atoms with van der Waals surface area (Å²) in [5.74, 6) is 1.22. The summed E-state index contributed by atoms with van der Waals surface area (Å²) in [6.45, 7) is 2.55. The van der Waals surface area contributed by atoms with Crippen molar-refractivity contribution in [3.63, 3.8) is 0 Å². The van der Waals surface area contributed by atoms with Crippen LogP contribution in [0.5, 0.6) is 11.5 Å². The zero-order chi connectivity index (χ0) is 17.4. The Balaban J connectivity index is 1.97. The molecule has 128 valence electrons. The predicted molar refractivity (Wildman–Crippen MR) is 95.8 cm³/mol. The lowest BCUT2D eigenvalue weighted by molar-refractivity contribution is -0.120. The average Bonchev–Trinajstić information content (AvgIpc) is 2.59. The van der Waals surface area contributed by atoms with E-state index in [9.17, 15) is 4.79 Å². The largest absolute Gasteiger partial charge is 0.457 e. The highest BCUT2D eigenvalue weighted by molar-refractivity contribution is 5.79. The predicted octanol–water partition coefficient (Wildman–Crippen LogP) is 2.72. The summed E-state index contributed by atoms with van der Waals surface area (Å²) in [5.41, 5.74) is 12.0.